The van der Waals surface area contributed by atoms with Crippen LogP contribution in [0.4, 0.5) is 0 Å². The molecule has 0 N–H and O–H groups in total. The van der Waals surface area contributed by atoms with Gasteiger partial charge in [-0.2, -0.15) is 0 Å². The van der Waals surface area contributed by atoms with Gasteiger partial charge in [-0.3, -0.25) is 0 Å². The van der Waals surface area contributed by atoms with E-state index in [9.17, 15) is 4.79 Å². The molecular formula is C22H26ClNO3. The molecule has 2 aromatic rings. The Morgan fingerprint density at radius 1 is 0.889 bits per heavy atom. The van der Waals surface area contributed by atoms with Crippen LogP contribution in [0.15, 0.2) is 60.7 Å². The van der Waals surface area contributed by atoms with Crippen LogP contribution in [-0.4, -0.2) is 36.8 Å². The van der Waals surface area contributed by atoms with E-state index in [0.29, 0.717) is 6.42 Å². The van der Waals surface area contributed by atoms with Crippen molar-refractivity contribution in [1.29, 1.82) is 0 Å². The van der Waals surface area contributed by atoms with E-state index in [2.05, 4.69) is 4.90 Å². The van der Waals surface area contributed by atoms with E-state index in [1.807, 2.05) is 60.7 Å². The molecule has 2 saturated heterocycles. The standard InChI is InChI=1S/C22H25NO3.ClH/c24-21-22(18-10-4-1-5-11-18,19-12-6-2-7-13-19)26-20(25-21)14-17-23-15-8-3-9-16-23;/h1-2,4-7,10-13,20H,3,8-9,14-17H2;1H. The zero-order valence-corrected chi connectivity index (χ0v) is 16.2. The van der Waals surface area contributed by atoms with E-state index in [1.54, 1.807) is 0 Å². The van der Waals surface area contributed by atoms with Gasteiger partial charge in [0, 0.05) is 13.0 Å². The molecule has 0 bridgehead atoms. The van der Waals surface area contributed by atoms with Gasteiger partial charge in [0.15, 0.2) is 0 Å². The Morgan fingerprint density at radius 2 is 1.44 bits per heavy atom. The molecule has 27 heavy (non-hydrogen) atoms. The molecule has 1 atom stereocenters. The van der Waals surface area contributed by atoms with E-state index in [0.717, 1.165) is 30.8 Å². The third-order valence-corrected chi connectivity index (χ3v) is 5.32. The number of ether oxygens (including phenoxy) is 2. The Labute approximate surface area is 166 Å². The van der Waals surface area contributed by atoms with Crippen molar-refractivity contribution in [3.63, 3.8) is 0 Å². The molecular weight excluding hydrogens is 362 g/mol. The lowest BCUT2D eigenvalue weighted by Crippen LogP contribution is -2.35. The lowest BCUT2D eigenvalue weighted by Gasteiger charge is -2.28. The highest BCUT2D eigenvalue weighted by molar-refractivity contribution is 5.87. The largest absolute Gasteiger partial charge is 0.433 e. The Kier molecular flexibility index (Phi) is 6.53. The number of esters is 1. The summed E-state index contributed by atoms with van der Waals surface area (Å²) < 4.78 is 12.0. The summed E-state index contributed by atoms with van der Waals surface area (Å²) in [6.45, 7) is 3.16. The maximum Gasteiger partial charge on any atom is 0.350 e. The van der Waals surface area contributed by atoms with E-state index in [1.165, 1.54) is 19.3 Å². The monoisotopic (exact) mass is 387 g/mol. The minimum absolute atomic E-state index is 0. The second kappa shape index (κ2) is 8.87. The van der Waals surface area contributed by atoms with Gasteiger partial charge < -0.3 is 14.4 Å². The van der Waals surface area contributed by atoms with Crippen molar-refractivity contribution < 1.29 is 14.3 Å². The number of carbonyl (C=O) groups is 1. The number of hydrogen-bond donors (Lipinski definition) is 0. The molecule has 2 aliphatic rings. The second-order valence-corrected chi connectivity index (χ2v) is 7.06. The first-order valence-corrected chi connectivity index (χ1v) is 9.51. The first kappa shape index (κ1) is 19.9. The predicted molar refractivity (Wildman–Crippen MR) is 107 cm³/mol. The zero-order valence-electron chi connectivity index (χ0n) is 15.4. The van der Waals surface area contributed by atoms with Crippen molar-refractivity contribution in [3.05, 3.63) is 71.8 Å². The van der Waals surface area contributed by atoms with Crippen LogP contribution < -0.4 is 0 Å². The fraction of sp³-hybridized carbons (Fsp3) is 0.409. The fourth-order valence-electron chi connectivity index (χ4n) is 3.94. The Balaban J connectivity index is 0.00000210. The van der Waals surface area contributed by atoms with Gasteiger partial charge in [-0.15, -0.1) is 12.4 Å². The summed E-state index contributed by atoms with van der Waals surface area (Å²) >= 11 is 0. The number of rotatable bonds is 5. The molecule has 2 aromatic carbocycles. The smallest absolute Gasteiger partial charge is 0.350 e. The normalized spacial score (nSPS) is 22.1. The molecule has 2 fully saturated rings. The summed E-state index contributed by atoms with van der Waals surface area (Å²) in [5.74, 6) is -0.321. The van der Waals surface area contributed by atoms with Gasteiger partial charge in [0.25, 0.3) is 0 Å². The van der Waals surface area contributed by atoms with Crippen molar-refractivity contribution in [2.75, 3.05) is 19.6 Å². The lowest BCUT2D eigenvalue weighted by molar-refractivity contribution is -0.145. The first-order valence-electron chi connectivity index (χ1n) is 9.51. The van der Waals surface area contributed by atoms with Crippen molar-refractivity contribution in [1.82, 2.24) is 4.90 Å². The van der Waals surface area contributed by atoms with Crippen molar-refractivity contribution >= 4 is 18.4 Å². The molecule has 0 saturated carbocycles. The highest BCUT2D eigenvalue weighted by Gasteiger charge is 2.53. The van der Waals surface area contributed by atoms with E-state index >= 15 is 0 Å². The summed E-state index contributed by atoms with van der Waals surface area (Å²) in [6, 6.07) is 19.3. The molecule has 2 heterocycles. The Bertz CT molecular complexity index is 692. The topological polar surface area (TPSA) is 38.8 Å². The van der Waals surface area contributed by atoms with Crippen molar-refractivity contribution in [2.45, 2.75) is 37.6 Å². The van der Waals surface area contributed by atoms with Crippen LogP contribution in [0, 0.1) is 0 Å². The maximum atomic E-state index is 13.0. The summed E-state index contributed by atoms with van der Waals surface area (Å²) in [7, 11) is 0. The molecule has 0 aliphatic carbocycles. The SMILES string of the molecule is Cl.O=C1OC(CCN2CCCCC2)OC1(c1ccccc1)c1ccccc1. The molecule has 0 spiro atoms. The van der Waals surface area contributed by atoms with E-state index < -0.39 is 11.9 Å². The van der Waals surface area contributed by atoms with Gasteiger partial charge in [0.2, 0.25) is 11.9 Å². The summed E-state index contributed by atoms with van der Waals surface area (Å²) in [6.07, 6.45) is 4.01. The van der Waals surface area contributed by atoms with Crippen LogP contribution in [0.25, 0.3) is 0 Å². The fourth-order valence-corrected chi connectivity index (χ4v) is 3.94. The minimum atomic E-state index is -1.17. The number of nitrogens with zero attached hydrogens (tertiary/aromatic N) is 1. The number of likely N-dealkylation sites (tertiary alicyclic amines) is 1. The van der Waals surface area contributed by atoms with Crippen LogP contribution in [0.1, 0.15) is 36.8 Å². The number of carbonyl (C=O) groups excluding carboxylic acids is 1. The summed E-state index contributed by atoms with van der Waals surface area (Å²) in [4.78, 5) is 15.4. The third kappa shape index (κ3) is 4.03. The molecule has 4 rings (SSSR count). The summed E-state index contributed by atoms with van der Waals surface area (Å²) in [5, 5.41) is 0. The molecule has 2 aliphatic heterocycles. The van der Waals surface area contributed by atoms with Crippen molar-refractivity contribution in [2.24, 2.45) is 0 Å². The van der Waals surface area contributed by atoms with Gasteiger partial charge in [0.1, 0.15) is 0 Å². The number of hydrogen-bond acceptors (Lipinski definition) is 4. The van der Waals surface area contributed by atoms with E-state index in [-0.39, 0.29) is 18.4 Å². The average Bonchev–Trinajstić information content (AvgIpc) is 3.06. The summed E-state index contributed by atoms with van der Waals surface area (Å²) in [5.41, 5.74) is 0.461. The number of benzene rings is 2. The molecule has 4 nitrogen and oxygen atoms in total. The highest BCUT2D eigenvalue weighted by atomic mass is 35.5. The quantitative estimate of drug-likeness (QED) is 0.723. The zero-order chi connectivity index (χ0) is 17.8. The second-order valence-electron chi connectivity index (χ2n) is 7.06. The van der Waals surface area contributed by atoms with Gasteiger partial charge in [-0.1, -0.05) is 67.1 Å². The minimum Gasteiger partial charge on any atom is -0.433 e. The van der Waals surface area contributed by atoms with Crippen LogP contribution in [-0.2, 0) is 19.9 Å². The average molecular weight is 388 g/mol. The van der Waals surface area contributed by atoms with Gasteiger partial charge in [-0.25, -0.2) is 4.79 Å². The van der Waals surface area contributed by atoms with Crippen LogP contribution >= 0.6 is 12.4 Å². The first-order chi connectivity index (χ1) is 12.8. The van der Waals surface area contributed by atoms with Gasteiger partial charge in [0.05, 0.1) is 0 Å². The molecule has 1 unspecified atom stereocenters. The Morgan fingerprint density at radius 3 is 2.00 bits per heavy atom. The number of halogens is 1. The molecule has 0 radical (unpaired) electrons. The number of cyclic esters (lactones) is 1. The Hall–Kier alpha value is -1.88. The molecule has 0 amide bonds. The van der Waals surface area contributed by atoms with E-state index in [4.69, 9.17) is 9.47 Å². The number of piperidine rings is 1. The lowest BCUT2D eigenvalue weighted by atomic mass is 9.86. The highest BCUT2D eigenvalue weighted by Crippen LogP contribution is 2.41. The predicted octanol–water partition coefficient (Wildman–Crippen LogP) is 4.13. The van der Waals surface area contributed by atoms with Crippen LogP contribution in [0.5, 0.6) is 0 Å². The van der Waals surface area contributed by atoms with Gasteiger partial charge in [-0.05, 0) is 37.1 Å². The molecule has 144 valence electrons. The van der Waals surface area contributed by atoms with Crippen LogP contribution in [0.3, 0.4) is 0 Å². The van der Waals surface area contributed by atoms with Gasteiger partial charge >= 0.3 is 5.97 Å². The third-order valence-electron chi connectivity index (χ3n) is 5.32. The van der Waals surface area contributed by atoms with Crippen molar-refractivity contribution in [3.8, 4) is 0 Å². The molecule has 0 aromatic heterocycles. The molecule has 5 heteroatoms. The van der Waals surface area contributed by atoms with Crippen LogP contribution in [0.2, 0.25) is 0 Å². The maximum absolute atomic E-state index is 13.0.